The van der Waals surface area contributed by atoms with Crippen LogP contribution in [0.4, 0.5) is 0 Å². The predicted octanol–water partition coefficient (Wildman–Crippen LogP) is 5.02. The normalized spacial score (nSPS) is 22.1. The molecule has 2 fully saturated rings. The third-order valence-corrected chi connectivity index (χ3v) is 7.17. The number of rotatable bonds is 5. The van der Waals surface area contributed by atoms with Crippen molar-refractivity contribution in [1.29, 1.82) is 0 Å². The fraction of sp³-hybridized carbons (Fsp3) is 0.429. The van der Waals surface area contributed by atoms with Crippen LogP contribution in [-0.2, 0) is 16.5 Å². The number of amides is 1. The molecule has 1 amide bonds. The maximum absolute atomic E-state index is 13.4. The molecular weight excluding hydrogens is 426 g/mol. The Hall–Kier alpha value is -2.96. The van der Waals surface area contributed by atoms with Crippen LogP contribution in [0.1, 0.15) is 54.8 Å². The molecule has 2 aliphatic heterocycles. The Labute approximate surface area is 201 Å². The Morgan fingerprint density at radius 2 is 1.76 bits per heavy atom. The molecule has 0 N–H and O–H groups in total. The molecule has 2 saturated heterocycles. The van der Waals surface area contributed by atoms with Crippen LogP contribution >= 0.6 is 0 Å². The number of aromatic nitrogens is 2. The summed E-state index contributed by atoms with van der Waals surface area (Å²) in [5.41, 5.74) is 3.40. The molecular formula is C28H33N3O3. The van der Waals surface area contributed by atoms with Crippen molar-refractivity contribution in [2.45, 2.75) is 50.4 Å². The molecule has 3 heterocycles. The smallest absolute Gasteiger partial charge is 0.272 e. The molecule has 0 saturated carbocycles. The third-order valence-electron chi connectivity index (χ3n) is 7.17. The monoisotopic (exact) mass is 459 g/mol. The van der Waals surface area contributed by atoms with Crippen LogP contribution in [0.2, 0.25) is 0 Å². The first kappa shape index (κ1) is 22.8. The van der Waals surface area contributed by atoms with Crippen molar-refractivity contribution >= 4 is 5.91 Å². The molecule has 0 bridgehead atoms. The van der Waals surface area contributed by atoms with Gasteiger partial charge in [-0.2, -0.15) is 5.10 Å². The standard InChI is InChI=1S/C28H33N3O3/c1-3-33-23-18-26(22-12-8-5-9-13-22)34-28(20-23)14-16-31(17-15-28)27(32)25-19-24(29-30(25)2)21-10-6-4-7-11-21/h4-13,19,23,26H,3,14-18,20H2,1-2H3. The van der Waals surface area contributed by atoms with E-state index in [9.17, 15) is 4.79 Å². The van der Waals surface area contributed by atoms with Gasteiger partial charge in [-0.25, -0.2) is 0 Å². The van der Waals surface area contributed by atoms with Crippen molar-refractivity contribution in [2.75, 3.05) is 19.7 Å². The minimum absolute atomic E-state index is 0.0271. The summed E-state index contributed by atoms with van der Waals surface area (Å²) in [6.45, 7) is 4.10. The lowest BCUT2D eigenvalue weighted by atomic mass is 9.80. The summed E-state index contributed by atoms with van der Waals surface area (Å²) < 4.78 is 14.6. The lowest BCUT2D eigenvalue weighted by Gasteiger charge is -2.48. The van der Waals surface area contributed by atoms with Gasteiger partial charge < -0.3 is 14.4 Å². The van der Waals surface area contributed by atoms with Crippen LogP contribution in [0.15, 0.2) is 66.7 Å². The Kier molecular flexibility index (Phi) is 6.53. The molecule has 6 nitrogen and oxygen atoms in total. The van der Waals surface area contributed by atoms with E-state index in [0.717, 1.165) is 36.9 Å². The minimum atomic E-state index is -0.253. The van der Waals surface area contributed by atoms with E-state index in [0.29, 0.717) is 25.4 Å². The van der Waals surface area contributed by atoms with Crippen molar-refractivity contribution in [2.24, 2.45) is 7.05 Å². The molecule has 0 aliphatic carbocycles. The number of aryl methyl sites for hydroxylation is 1. The zero-order chi connectivity index (χ0) is 23.5. The number of carbonyl (C=O) groups is 1. The second kappa shape index (κ2) is 9.72. The van der Waals surface area contributed by atoms with Gasteiger partial charge in [0, 0.05) is 45.1 Å². The first-order valence-corrected chi connectivity index (χ1v) is 12.3. The summed E-state index contributed by atoms with van der Waals surface area (Å²) in [4.78, 5) is 15.3. The average molecular weight is 460 g/mol. The van der Waals surface area contributed by atoms with Crippen LogP contribution < -0.4 is 0 Å². The Morgan fingerprint density at radius 3 is 2.44 bits per heavy atom. The van der Waals surface area contributed by atoms with Gasteiger partial charge in [-0.1, -0.05) is 60.7 Å². The van der Waals surface area contributed by atoms with Gasteiger partial charge in [0.25, 0.3) is 5.91 Å². The van der Waals surface area contributed by atoms with Crippen LogP contribution in [0.5, 0.6) is 0 Å². The third kappa shape index (κ3) is 4.65. The summed E-state index contributed by atoms with van der Waals surface area (Å²) in [5, 5.41) is 4.58. The van der Waals surface area contributed by atoms with E-state index in [-0.39, 0.29) is 23.7 Å². The molecule has 1 aromatic heterocycles. The fourth-order valence-electron chi connectivity index (χ4n) is 5.39. The molecule has 2 unspecified atom stereocenters. The van der Waals surface area contributed by atoms with E-state index < -0.39 is 0 Å². The van der Waals surface area contributed by atoms with Crippen molar-refractivity contribution in [3.05, 3.63) is 78.0 Å². The van der Waals surface area contributed by atoms with Gasteiger partial charge in [-0.15, -0.1) is 0 Å². The molecule has 3 aromatic rings. The number of ether oxygens (including phenoxy) is 2. The SMILES string of the molecule is CCOC1CC(c2ccccc2)OC2(CCN(C(=O)c3cc(-c4ccccc4)nn3C)CC2)C1. The number of carbonyl (C=O) groups excluding carboxylic acids is 1. The number of nitrogens with zero attached hydrogens (tertiary/aromatic N) is 3. The Bertz CT molecular complexity index is 1100. The second-order valence-electron chi connectivity index (χ2n) is 9.41. The highest BCUT2D eigenvalue weighted by atomic mass is 16.5. The molecule has 34 heavy (non-hydrogen) atoms. The first-order chi connectivity index (χ1) is 16.6. The summed E-state index contributed by atoms with van der Waals surface area (Å²) in [7, 11) is 1.84. The second-order valence-corrected chi connectivity index (χ2v) is 9.41. The van der Waals surface area contributed by atoms with Gasteiger partial charge in [0.2, 0.25) is 0 Å². The molecule has 5 rings (SSSR count). The number of likely N-dealkylation sites (tertiary alicyclic amines) is 1. The maximum Gasteiger partial charge on any atom is 0.272 e. The summed E-state index contributed by atoms with van der Waals surface area (Å²) in [6.07, 6.45) is 3.59. The Morgan fingerprint density at radius 1 is 1.09 bits per heavy atom. The quantitative estimate of drug-likeness (QED) is 0.538. The van der Waals surface area contributed by atoms with E-state index in [1.807, 2.05) is 54.4 Å². The van der Waals surface area contributed by atoms with Gasteiger partial charge in [0.05, 0.1) is 23.5 Å². The highest BCUT2D eigenvalue weighted by molar-refractivity contribution is 5.93. The zero-order valence-electron chi connectivity index (χ0n) is 20.0. The number of benzene rings is 2. The summed E-state index contributed by atoms with van der Waals surface area (Å²) >= 11 is 0. The highest BCUT2D eigenvalue weighted by Gasteiger charge is 2.45. The van der Waals surface area contributed by atoms with Crippen LogP contribution in [0.3, 0.4) is 0 Å². The Balaban J connectivity index is 1.29. The van der Waals surface area contributed by atoms with E-state index in [4.69, 9.17) is 9.47 Å². The number of piperidine rings is 1. The average Bonchev–Trinajstić information content (AvgIpc) is 3.27. The largest absolute Gasteiger partial charge is 0.378 e. The molecule has 1 spiro atoms. The van der Waals surface area contributed by atoms with Crippen molar-refractivity contribution in [1.82, 2.24) is 14.7 Å². The fourth-order valence-corrected chi connectivity index (χ4v) is 5.39. The van der Waals surface area contributed by atoms with Crippen LogP contribution in [0, 0.1) is 0 Å². The van der Waals surface area contributed by atoms with E-state index in [1.165, 1.54) is 5.56 Å². The predicted molar refractivity (Wildman–Crippen MR) is 131 cm³/mol. The minimum Gasteiger partial charge on any atom is -0.378 e. The van der Waals surface area contributed by atoms with Crippen molar-refractivity contribution in [3.8, 4) is 11.3 Å². The lowest BCUT2D eigenvalue weighted by molar-refractivity contribution is -0.190. The van der Waals surface area contributed by atoms with Gasteiger partial charge in [0.15, 0.2) is 0 Å². The zero-order valence-corrected chi connectivity index (χ0v) is 20.0. The number of hydrogen-bond acceptors (Lipinski definition) is 4. The lowest BCUT2D eigenvalue weighted by Crippen LogP contribution is -2.52. The van der Waals surface area contributed by atoms with Gasteiger partial charge in [-0.05, 0) is 31.4 Å². The molecule has 2 aromatic carbocycles. The van der Waals surface area contributed by atoms with Crippen molar-refractivity contribution < 1.29 is 14.3 Å². The van der Waals surface area contributed by atoms with E-state index in [2.05, 4.69) is 36.3 Å². The van der Waals surface area contributed by atoms with E-state index >= 15 is 0 Å². The van der Waals surface area contributed by atoms with Gasteiger partial charge in [-0.3, -0.25) is 9.48 Å². The summed E-state index contributed by atoms with van der Waals surface area (Å²) in [6, 6.07) is 22.3. The maximum atomic E-state index is 13.4. The molecule has 178 valence electrons. The highest BCUT2D eigenvalue weighted by Crippen LogP contribution is 2.44. The first-order valence-electron chi connectivity index (χ1n) is 12.3. The van der Waals surface area contributed by atoms with Gasteiger partial charge >= 0.3 is 0 Å². The van der Waals surface area contributed by atoms with Gasteiger partial charge in [0.1, 0.15) is 5.69 Å². The van der Waals surface area contributed by atoms with E-state index in [1.54, 1.807) is 4.68 Å². The van der Waals surface area contributed by atoms with Crippen LogP contribution in [-0.4, -0.2) is 52.0 Å². The molecule has 0 radical (unpaired) electrons. The summed E-state index contributed by atoms with van der Waals surface area (Å²) in [5.74, 6) is 0.0313. The van der Waals surface area contributed by atoms with Crippen LogP contribution in [0.25, 0.3) is 11.3 Å². The van der Waals surface area contributed by atoms with Crippen molar-refractivity contribution in [3.63, 3.8) is 0 Å². The topological polar surface area (TPSA) is 56.6 Å². The number of hydrogen-bond donors (Lipinski definition) is 0. The molecule has 6 heteroatoms. The molecule has 2 atom stereocenters. The molecule has 2 aliphatic rings.